The minimum Gasteiger partial charge on any atom is -0.494 e. The van der Waals surface area contributed by atoms with Crippen molar-refractivity contribution in [1.29, 1.82) is 0 Å². The summed E-state index contributed by atoms with van der Waals surface area (Å²) in [6.07, 6.45) is 0.846. The first-order valence-corrected chi connectivity index (χ1v) is 14.4. The molecule has 6 rings (SSSR count). The Hall–Kier alpha value is -4.67. The predicted octanol–water partition coefficient (Wildman–Crippen LogP) is 3.97. The van der Waals surface area contributed by atoms with E-state index in [1.54, 1.807) is 30.1 Å². The number of anilines is 1. The number of nitrogens with zero attached hydrogens (tertiary/aromatic N) is 4. The Bertz CT molecular complexity index is 1700. The van der Waals surface area contributed by atoms with Gasteiger partial charge in [-0.3, -0.25) is 9.69 Å². The van der Waals surface area contributed by atoms with Crippen LogP contribution in [0.4, 0.5) is 11.4 Å². The second-order valence-electron chi connectivity index (χ2n) is 11.0. The molecule has 0 radical (unpaired) electrons. The van der Waals surface area contributed by atoms with Gasteiger partial charge in [0.1, 0.15) is 5.75 Å². The molecule has 10 nitrogen and oxygen atoms in total. The monoisotopic (exact) mass is 581 g/mol. The maximum Gasteiger partial charge on any atom is 0.337 e. The van der Waals surface area contributed by atoms with Crippen molar-refractivity contribution in [2.75, 3.05) is 65.4 Å². The van der Waals surface area contributed by atoms with Gasteiger partial charge in [-0.05, 0) is 55.1 Å². The largest absolute Gasteiger partial charge is 0.494 e. The number of aromatic amines is 1. The topological polar surface area (TPSA) is 111 Å². The van der Waals surface area contributed by atoms with E-state index >= 15 is 0 Å². The maximum absolute atomic E-state index is 13.0. The zero-order valence-corrected chi connectivity index (χ0v) is 24.6. The van der Waals surface area contributed by atoms with E-state index in [0.717, 1.165) is 55.2 Å². The molecule has 0 saturated carbocycles. The highest BCUT2D eigenvalue weighted by molar-refractivity contribution is 6.22. The Morgan fingerprint density at radius 1 is 1.02 bits per heavy atom. The van der Waals surface area contributed by atoms with Gasteiger partial charge in [-0.15, -0.1) is 0 Å². The summed E-state index contributed by atoms with van der Waals surface area (Å²) in [4.78, 5) is 39.2. The molecule has 2 N–H and O–H groups in total. The van der Waals surface area contributed by atoms with Crippen LogP contribution < -0.4 is 9.64 Å². The number of likely N-dealkylation sites (N-methyl/N-ethyl adjacent to an activating group) is 2. The van der Waals surface area contributed by atoms with Crippen molar-refractivity contribution < 1.29 is 24.2 Å². The Labute approximate surface area is 250 Å². The normalized spacial score (nSPS) is 15.7. The van der Waals surface area contributed by atoms with Gasteiger partial charge in [0.05, 0.1) is 42.8 Å². The molecule has 0 aliphatic carbocycles. The molecule has 0 spiro atoms. The fourth-order valence-electron chi connectivity index (χ4n) is 5.57. The summed E-state index contributed by atoms with van der Waals surface area (Å²) in [6, 6.07) is 18.5. The van der Waals surface area contributed by atoms with Crippen LogP contribution in [0.15, 0.2) is 65.7 Å². The maximum atomic E-state index is 13.0. The van der Waals surface area contributed by atoms with Gasteiger partial charge in [0.15, 0.2) is 5.88 Å². The molecule has 3 heterocycles. The number of carbonyl (C=O) groups is 2. The number of hydrogen-bond donors (Lipinski definition) is 2. The SMILES string of the molecule is COC(=O)c1ccc2c(C(=Nc3ccc(N(C)C(=O)CN4CCN(C)CC4)cc3)c3ccc4c(c3)OCC4)c(O)[nH]c2c1. The van der Waals surface area contributed by atoms with Crippen LogP contribution in [0.3, 0.4) is 0 Å². The number of fused-ring (bicyclic) bond motifs is 2. The highest BCUT2D eigenvalue weighted by Crippen LogP contribution is 2.35. The molecule has 222 valence electrons. The van der Waals surface area contributed by atoms with Gasteiger partial charge in [0, 0.05) is 61.8 Å². The highest BCUT2D eigenvalue weighted by atomic mass is 16.5. The number of rotatable bonds is 7. The highest BCUT2D eigenvalue weighted by Gasteiger charge is 2.23. The number of nitrogens with one attached hydrogen (secondary N) is 1. The van der Waals surface area contributed by atoms with Crippen molar-refractivity contribution in [2.45, 2.75) is 6.42 Å². The number of hydrogen-bond acceptors (Lipinski definition) is 8. The number of carbonyl (C=O) groups excluding carboxylic acids is 2. The van der Waals surface area contributed by atoms with E-state index in [9.17, 15) is 14.7 Å². The Kier molecular flexibility index (Phi) is 7.88. The molecule has 0 atom stereocenters. The minimum atomic E-state index is -0.464. The number of piperazine rings is 1. The minimum absolute atomic E-state index is 0.0367. The number of aromatic nitrogens is 1. The van der Waals surface area contributed by atoms with Crippen molar-refractivity contribution in [2.24, 2.45) is 4.99 Å². The van der Waals surface area contributed by atoms with Crippen molar-refractivity contribution in [3.8, 4) is 11.6 Å². The molecule has 1 fully saturated rings. The van der Waals surface area contributed by atoms with Crippen LogP contribution in [0.1, 0.15) is 27.0 Å². The number of aliphatic imine (C=N–C) groups is 1. The van der Waals surface area contributed by atoms with E-state index < -0.39 is 5.97 Å². The lowest BCUT2D eigenvalue weighted by molar-refractivity contribution is -0.119. The summed E-state index contributed by atoms with van der Waals surface area (Å²) in [5.41, 5.74) is 5.33. The number of methoxy groups -OCH3 is 1. The van der Waals surface area contributed by atoms with Gasteiger partial charge in [-0.25, -0.2) is 9.79 Å². The summed E-state index contributed by atoms with van der Waals surface area (Å²) < 4.78 is 10.7. The van der Waals surface area contributed by atoms with Crippen LogP contribution >= 0.6 is 0 Å². The van der Waals surface area contributed by atoms with Crippen molar-refractivity contribution >= 4 is 39.9 Å². The molecule has 1 amide bonds. The fourth-order valence-corrected chi connectivity index (χ4v) is 5.57. The zero-order chi connectivity index (χ0) is 30.1. The molecule has 4 aromatic rings. The lowest BCUT2D eigenvalue weighted by Crippen LogP contribution is -2.48. The molecule has 2 aliphatic heterocycles. The Morgan fingerprint density at radius 3 is 2.51 bits per heavy atom. The zero-order valence-electron chi connectivity index (χ0n) is 24.6. The van der Waals surface area contributed by atoms with Gasteiger partial charge >= 0.3 is 5.97 Å². The predicted molar refractivity (Wildman–Crippen MR) is 166 cm³/mol. The van der Waals surface area contributed by atoms with Crippen molar-refractivity contribution in [1.82, 2.24) is 14.8 Å². The molecule has 1 saturated heterocycles. The third-order valence-electron chi connectivity index (χ3n) is 8.21. The Balaban J connectivity index is 1.33. The first-order chi connectivity index (χ1) is 20.8. The smallest absolute Gasteiger partial charge is 0.337 e. The van der Waals surface area contributed by atoms with Crippen molar-refractivity contribution in [3.05, 3.63) is 82.9 Å². The average molecular weight is 582 g/mol. The van der Waals surface area contributed by atoms with E-state index in [2.05, 4.69) is 21.8 Å². The van der Waals surface area contributed by atoms with E-state index in [1.807, 2.05) is 42.5 Å². The molecule has 0 unspecified atom stereocenters. The van der Waals surface area contributed by atoms with Gasteiger partial charge in [0.25, 0.3) is 0 Å². The average Bonchev–Trinajstić information content (AvgIpc) is 3.63. The summed E-state index contributed by atoms with van der Waals surface area (Å²) in [7, 11) is 5.22. The summed E-state index contributed by atoms with van der Waals surface area (Å²) >= 11 is 0. The quantitative estimate of drug-likeness (QED) is 0.251. The standard InChI is InChI=1S/C33H35N5O5/c1-36-13-15-38(16-14-36)20-29(39)37(2)25-9-7-24(8-10-25)34-31(22-5-4-21-12-17-43-28(21)19-22)30-26-11-6-23(33(41)42-3)18-27(26)35-32(30)40/h4-11,18-19,35,40H,12-17,20H2,1-3H3. The molecular weight excluding hydrogens is 546 g/mol. The molecule has 2 aliphatic rings. The van der Waals surface area contributed by atoms with Crippen LogP contribution in [-0.2, 0) is 16.0 Å². The van der Waals surface area contributed by atoms with Crippen LogP contribution in [0.2, 0.25) is 0 Å². The van der Waals surface area contributed by atoms with E-state index in [1.165, 1.54) is 7.11 Å². The molecule has 43 heavy (non-hydrogen) atoms. The van der Waals surface area contributed by atoms with Gasteiger partial charge in [0.2, 0.25) is 5.91 Å². The number of ether oxygens (including phenoxy) is 2. The number of benzene rings is 3. The first kappa shape index (κ1) is 28.4. The van der Waals surface area contributed by atoms with E-state index in [-0.39, 0.29) is 11.8 Å². The lowest BCUT2D eigenvalue weighted by atomic mass is 9.98. The third kappa shape index (κ3) is 5.84. The first-order valence-electron chi connectivity index (χ1n) is 14.4. The molecule has 10 heteroatoms. The van der Waals surface area contributed by atoms with Crippen LogP contribution in [0.5, 0.6) is 11.6 Å². The van der Waals surface area contributed by atoms with Crippen LogP contribution in [0.25, 0.3) is 10.9 Å². The number of amides is 1. The van der Waals surface area contributed by atoms with E-state index in [4.69, 9.17) is 14.5 Å². The van der Waals surface area contributed by atoms with Gasteiger partial charge < -0.3 is 29.4 Å². The second-order valence-corrected chi connectivity index (χ2v) is 11.0. The van der Waals surface area contributed by atoms with Gasteiger partial charge in [-0.1, -0.05) is 18.2 Å². The van der Waals surface area contributed by atoms with Gasteiger partial charge in [-0.2, -0.15) is 0 Å². The summed E-state index contributed by atoms with van der Waals surface area (Å²) in [5, 5.41) is 11.8. The van der Waals surface area contributed by atoms with Crippen molar-refractivity contribution in [3.63, 3.8) is 0 Å². The number of H-pyrrole nitrogens is 1. The molecule has 1 aromatic heterocycles. The lowest BCUT2D eigenvalue weighted by Gasteiger charge is -2.32. The van der Waals surface area contributed by atoms with Crippen LogP contribution in [0, 0.1) is 0 Å². The molecule has 0 bridgehead atoms. The fraction of sp³-hybridized carbons (Fsp3) is 0.303. The second kappa shape index (κ2) is 11.9. The Morgan fingerprint density at radius 2 is 1.77 bits per heavy atom. The molecule has 3 aromatic carbocycles. The molecular formula is C33H35N5O5. The summed E-state index contributed by atoms with van der Waals surface area (Å²) in [6.45, 7) is 4.69. The van der Waals surface area contributed by atoms with Crippen LogP contribution in [-0.4, -0.2) is 98.0 Å². The number of aromatic hydroxyl groups is 1. The van der Waals surface area contributed by atoms with E-state index in [0.29, 0.717) is 46.6 Å². The summed E-state index contributed by atoms with van der Waals surface area (Å²) in [5.74, 6) is 0.306. The number of esters is 1. The third-order valence-corrected chi connectivity index (χ3v) is 8.21.